The minimum Gasteiger partial charge on any atom is -0.336 e. The second-order valence-corrected chi connectivity index (χ2v) is 9.81. The van der Waals surface area contributed by atoms with Gasteiger partial charge in [0, 0.05) is 36.8 Å². The molecule has 0 aromatic heterocycles. The second-order valence-electron chi connectivity index (χ2n) is 9.81. The monoisotopic (exact) mass is 450 g/mol. The van der Waals surface area contributed by atoms with Gasteiger partial charge in [0.05, 0.1) is 6.04 Å². The molecule has 0 saturated heterocycles. The van der Waals surface area contributed by atoms with Crippen LogP contribution in [0.3, 0.4) is 0 Å². The van der Waals surface area contributed by atoms with Crippen LogP contribution < -0.4 is 10.8 Å². The van der Waals surface area contributed by atoms with Crippen LogP contribution in [0, 0.1) is 17.3 Å². The summed E-state index contributed by atoms with van der Waals surface area (Å²) < 4.78 is 0. The summed E-state index contributed by atoms with van der Waals surface area (Å²) in [5, 5.41) is 12.1. The molecule has 2 unspecified atom stereocenters. The number of hydrogen-bond acceptors (Lipinski definition) is 5. The zero-order valence-corrected chi connectivity index (χ0v) is 20.9. The van der Waals surface area contributed by atoms with Gasteiger partial charge in [-0.15, -0.1) is 0 Å². The predicted molar refractivity (Wildman–Crippen MR) is 134 cm³/mol. The summed E-state index contributed by atoms with van der Waals surface area (Å²) in [4.78, 5) is 16.7. The average Bonchev–Trinajstić information content (AvgIpc) is 2.77. The Balaban J connectivity index is 2.00. The van der Waals surface area contributed by atoms with E-state index in [2.05, 4.69) is 79.6 Å². The summed E-state index contributed by atoms with van der Waals surface area (Å²) in [6, 6.07) is 15.4. The van der Waals surface area contributed by atoms with Crippen LogP contribution in [0.1, 0.15) is 54.7 Å². The second kappa shape index (κ2) is 12.0. The first kappa shape index (κ1) is 26.6. The minimum atomic E-state index is -0.422. The van der Waals surface area contributed by atoms with E-state index in [4.69, 9.17) is 0 Å². The van der Waals surface area contributed by atoms with E-state index in [0.717, 1.165) is 24.2 Å². The Kier molecular flexibility index (Phi) is 9.63. The molecule has 33 heavy (non-hydrogen) atoms. The van der Waals surface area contributed by atoms with Gasteiger partial charge in [0.15, 0.2) is 0 Å². The number of rotatable bonds is 8. The number of hydroxylamine groups is 1. The summed E-state index contributed by atoms with van der Waals surface area (Å²) in [5.41, 5.74) is 6.11. The van der Waals surface area contributed by atoms with Crippen LogP contribution in [0.2, 0.25) is 0 Å². The molecule has 178 valence electrons. The number of hydrogen-bond donors (Lipinski definition) is 3. The molecular formula is C27H38N4O2. The quantitative estimate of drug-likeness (QED) is 0.326. The van der Waals surface area contributed by atoms with Crippen LogP contribution in [0.25, 0.3) is 0 Å². The van der Waals surface area contributed by atoms with Gasteiger partial charge in [-0.05, 0) is 68.4 Å². The Morgan fingerprint density at radius 3 is 1.97 bits per heavy atom. The maximum absolute atomic E-state index is 12.7. The number of likely N-dealkylation sites (N-methyl/N-ethyl adjacent to an activating group) is 2. The van der Waals surface area contributed by atoms with E-state index in [-0.39, 0.29) is 17.4 Å². The van der Waals surface area contributed by atoms with Crippen molar-refractivity contribution < 1.29 is 10.0 Å². The molecule has 2 aromatic carbocycles. The highest BCUT2D eigenvalue weighted by molar-refractivity contribution is 5.94. The van der Waals surface area contributed by atoms with Gasteiger partial charge in [-0.3, -0.25) is 4.79 Å². The van der Waals surface area contributed by atoms with Crippen molar-refractivity contribution in [2.75, 3.05) is 27.7 Å². The first-order valence-electron chi connectivity index (χ1n) is 11.3. The van der Waals surface area contributed by atoms with Gasteiger partial charge >= 0.3 is 0 Å². The molecule has 1 amide bonds. The van der Waals surface area contributed by atoms with Crippen LogP contribution in [0.4, 0.5) is 0 Å². The van der Waals surface area contributed by atoms with E-state index in [1.807, 2.05) is 19.1 Å². The number of carbonyl (C=O) groups is 1. The van der Waals surface area contributed by atoms with E-state index in [0.29, 0.717) is 5.56 Å². The van der Waals surface area contributed by atoms with Crippen molar-refractivity contribution in [1.29, 1.82) is 0 Å². The Morgan fingerprint density at radius 1 is 1.00 bits per heavy atom. The third-order valence-electron chi connectivity index (χ3n) is 5.50. The molecule has 6 nitrogen and oxygen atoms in total. The van der Waals surface area contributed by atoms with Gasteiger partial charge in [-0.1, -0.05) is 44.7 Å². The highest BCUT2D eigenvalue weighted by atomic mass is 16.5. The van der Waals surface area contributed by atoms with Crippen molar-refractivity contribution in [3.8, 4) is 11.8 Å². The summed E-state index contributed by atoms with van der Waals surface area (Å²) in [6.07, 6.45) is -0.422. The molecule has 2 aromatic rings. The Morgan fingerprint density at radius 2 is 1.52 bits per heavy atom. The van der Waals surface area contributed by atoms with Crippen LogP contribution in [-0.2, 0) is 6.54 Å². The fourth-order valence-electron chi connectivity index (χ4n) is 3.74. The first-order valence-corrected chi connectivity index (χ1v) is 11.3. The molecule has 0 fully saturated rings. The molecule has 0 spiro atoms. The first-order chi connectivity index (χ1) is 15.5. The molecule has 2 rings (SSSR count). The molecule has 2 atom stereocenters. The highest BCUT2D eigenvalue weighted by Gasteiger charge is 2.23. The Hall–Kier alpha value is -2.69. The van der Waals surface area contributed by atoms with Crippen molar-refractivity contribution in [3.05, 3.63) is 70.8 Å². The average molecular weight is 451 g/mol. The largest absolute Gasteiger partial charge is 0.336 e. The van der Waals surface area contributed by atoms with Crippen molar-refractivity contribution in [2.45, 2.75) is 46.4 Å². The lowest BCUT2D eigenvalue weighted by Gasteiger charge is -2.30. The molecule has 3 N–H and O–H groups in total. The molecular weight excluding hydrogens is 412 g/mol. The van der Waals surface area contributed by atoms with Gasteiger partial charge in [-0.2, -0.15) is 5.48 Å². The van der Waals surface area contributed by atoms with Crippen LogP contribution in [-0.4, -0.2) is 60.8 Å². The van der Waals surface area contributed by atoms with Gasteiger partial charge in [0.2, 0.25) is 0 Å². The van der Waals surface area contributed by atoms with E-state index in [1.54, 1.807) is 31.1 Å². The Bertz CT molecular complexity index is 949. The number of nitrogens with zero attached hydrogens (tertiary/aromatic N) is 2. The van der Waals surface area contributed by atoms with E-state index in [1.165, 1.54) is 5.56 Å². The zero-order valence-electron chi connectivity index (χ0n) is 20.9. The predicted octanol–water partition coefficient (Wildman–Crippen LogP) is 3.55. The maximum atomic E-state index is 12.7. The standard InChI is InChI=1S/C27H38N4O2/c1-20(25(28-5)29-33)31(7)26(32)24-16-14-22(15-17-24)9-8-21-10-12-23(13-11-21)18-30(6)19-27(2,3)4/h10-17,20,25,28-29,33H,18-19H2,1-7H3. The third kappa shape index (κ3) is 8.30. The van der Waals surface area contributed by atoms with E-state index < -0.39 is 6.17 Å². The smallest absolute Gasteiger partial charge is 0.253 e. The highest BCUT2D eigenvalue weighted by Crippen LogP contribution is 2.16. The third-order valence-corrected chi connectivity index (χ3v) is 5.50. The molecule has 0 heterocycles. The topological polar surface area (TPSA) is 67.8 Å². The molecule has 0 aliphatic heterocycles. The molecule has 0 saturated carbocycles. The number of benzene rings is 2. The summed E-state index contributed by atoms with van der Waals surface area (Å²) in [7, 11) is 5.58. The summed E-state index contributed by atoms with van der Waals surface area (Å²) in [6.45, 7) is 10.6. The lowest BCUT2D eigenvalue weighted by molar-refractivity contribution is 0.0493. The number of carbonyl (C=O) groups excluding carboxylic acids is 1. The van der Waals surface area contributed by atoms with Crippen molar-refractivity contribution in [1.82, 2.24) is 20.6 Å². The summed E-state index contributed by atoms with van der Waals surface area (Å²) in [5.74, 6) is 6.24. The lowest BCUT2D eigenvalue weighted by Crippen LogP contribution is -2.54. The minimum absolute atomic E-state index is 0.121. The molecule has 0 aliphatic carbocycles. The number of amides is 1. The normalized spacial score (nSPS) is 13.2. The van der Waals surface area contributed by atoms with Crippen LogP contribution in [0.15, 0.2) is 48.5 Å². The van der Waals surface area contributed by atoms with Crippen molar-refractivity contribution in [2.24, 2.45) is 5.41 Å². The fraction of sp³-hybridized carbons (Fsp3) is 0.444. The van der Waals surface area contributed by atoms with Crippen LogP contribution in [0.5, 0.6) is 0 Å². The van der Waals surface area contributed by atoms with Gasteiger partial charge < -0.3 is 20.3 Å². The molecule has 0 radical (unpaired) electrons. The Labute approximate surface area is 198 Å². The van der Waals surface area contributed by atoms with Crippen molar-refractivity contribution >= 4 is 5.91 Å². The van der Waals surface area contributed by atoms with Crippen molar-refractivity contribution in [3.63, 3.8) is 0 Å². The molecule has 6 heteroatoms. The molecule has 0 bridgehead atoms. The lowest BCUT2D eigenvalue weighted by atomic mass is 9.96. The van der Waals surface area contributed by atoms with Gasteiger partial charge in [0.25, 0.3) is 5.91 Å². The SMILES string of the molecule is CNC(NO)C(C)N(C)C(=O)c1ccc(C#Cc2ccc(CN(C)CC(C)(C)C)cc2)cc1. The zero-order chi connectivity index (χ0) is 24.6. The summed E-state index contributed by atoms with van der Waals surface area (Å²) >= 11 is 0. The van der Waals surface area contributed by atoms with Gasteiger partial charge in [-0.25, -0.2) is 0 Å². The molecule has 0 aliphatic rings. The van der Waals surface area contributed by atoms with Crippen LogP contribution >= 0.6 is 0 Å². The van der Waals surface area contributed by atoms with E-state index in [9.17, 15) is 10.0 Å². The van der Waals surface area contributed by atoms with Gasteiger partial charge in [0.1, 0.15) is 6.17 Å². The fourth-order valence-corrected chi connectivity index (χ4v) is 3.74. The maximum Gasteiger partial charge on any atom is 0.253 e. The van der Waals surface area contributed by atoms with E-state index >= 15 is 0 Å². The number of nitrogens with one attached hydrogen (secondary N) is 2.